The van der Waals surface area contributed by atoms with Gasteiger partial charge in [-0.05, 0) is 44.5 Å². The van der Waals surface area contributed by atoms with E-state index in [0.717, 1.165) is 51.1 Å². The number of piperidine rings is 1. The number of hydrogen-bond acceptors (Lipinski definition) is 4. The van der Waals surface area contributed by atoms with E-state index < -0.39 is 5.60 Å². The van der Waals surface area contributed by atoms with Crippen molar-refractivity contribution in [2.24, 2.45) is 5.73 Å². The highest BCUT2D eigenvalue weighted by atomic mass is 32.2. The van der Waals surface area contributed by atoms with Crippen LogP contribution in [0.1, 0.15) is 32.6 Å². The fourth-order valence-electron chi connectivity index (χ4n) is 3.00. The highest BCUT2D eigenvalue weighted by Gasteiger charge is 2.49. The molecule has 2 aliphatic rings. The minimum absolute atomic E-state index is 0.380. The van der Waals surface area contributed by atoms with Gasteiger partial charge in [0.2, 0.25) is 0 Å². The third-order valence-corrected chi connectivity index (χ3v) is 5.46. The first-order chi connectivity index (χ1) is 7.60. The Morgan fingerprint density at radius 1 is 1.38 bits per heavy atom. The molecule has 0 spiro atoms. The van der Waals surface area contributed by atoms with E-state index in [1.54, 1.807) is 0 Å². The van der Waals surface area contributed by atoms with Crippen LogP contribution in [0.4, 0.5) is 0 Å². The zero-order valence-corrected chi connectivity index (χ0v) is 11.1. The predicted octanol–water partition coefficient (Wildman–Crippen LogP) is 1.06. The molecule has 3 N–H and O–H groups in total. The van der Waals surface area contributed by atoms with Crippen LogP contribution in [0.15, 0.2) is 0 Å². The standard InChI is InChI=1S/C12H24N2OS/c1-2-14-7-3-5-11(13,9-14)12(15)6-4-8-16-10-12/h15H,2-10,13H2,1H3. The van der Waals surface area contributed by atoms with Crippen molar-refractivity contribution in [2.75, 3.05) is 31.1 Å². The fourth-order valence-corrected chi connectivity index (χ4v) is 4.26. The zero-order chi connectivity index (χ0) is 11.6. The number of hydrogen-bond donors (Lipinski definition) is 2. The quantitative estimate of drug-likeness (QED) is 0.762. The molecule has 0 saturated carbocycles. The molecule has 2 heterocycles. The Morgan fingerprint density at radius 3 is 2.81 bits per heavy atom. The zero-order valence-electron chi connectivity index (χ0n) is 10.2. The number of nitrogens with zero attached hydrogens (tertiary/aromatic N) is 1. The first-order valence-electron chi connectivity index (χ1n) is 6.41. The average molecular weight is 244 g/mol. The van der Waals surface area contributed by atoms with E-state index in [9.17, 15) is 5.11 Å². The van der Waals surface area contributed by atoms with Gasteiger partial charge in [-0.1, -0.05) is 6.92 Å². The lowest BCUT2D eigenvalue weighted by Crippen LogP contribution is -2.69. The molecule has 0 aromatic rings. The van der Waals surface area contributed by atoms with Gasteiger partial charge in [0.1, 0.15) is 0 Å². The van der Waals surface area contributed by atoms with Crippen LogP contribution < -0.4 is 5.73 Å². The van der Waals surface area contributed by atoms with Gasteiger partial charge >= 0.3 is 0 Å². The van der Waals surface area contributed by atoms with Crippen LogP contribution in [0.2, 0.25) is 0 Å². The number of likely N-dealkylation sites (tertiary alicyclic amines) is 1. The maximum atomic E-state index is 10.8. The van der Waals surface area contributed by atoms with E-state index in [-0.39, 0.29) is 5.54 Å². The molecule has 94 valence electrons. The van der Waals surface area contributed by atoms with E-state index in [1.807, 2.05) is 11.8 Å². The van der Waals surface area contributed by atoms with Gasteiger partial charge in [0.05, 0.1) is 11.1 Å². The first-order valence-corrected chi connectivity index (χ1v) is 7.56. The molecule has 0 bridgehead atoms. The Balaban J connectivity index is 2.09. The summed E-state index contributed by atoms with van der Waals surface area (Å²) in [4.78, 5) is 2.38. The summed E-state index contributed by atoms with van der Waals surface area (Å²) in [6.45, 7) is 5.22. The van der Waals surface area contributed by atoms with E-state index >= 15 is 0 Å². The second-order valence-corrected chi connectivity index (χ2v) is 6.42. The highest BCUT2D eigenvalue weighted by molar-refractivity contribution is 7.99. The van der Waals surface area contributed by atoms with Crippen LogP contribution in [-0.4, -0.2) is 52.3 Å². The van der Waals surface area contributed by atoms with Crippen molar-refractivity contribution in [3.63, 3.8) is 0 Å². The minimum atomic E-state index is -0.635. The van der Waals surface area contributed by atoms with Crippen LogP contribution in [0.25, 0.3) is 0 Å². The second kappa shape index (κ2) is 4.84. The number of thioether (sulfide) groups is 1. The molecule has 0 aromatic heterocycles. The molecular weight excluding hydrogens is 220 g/mol. The smallest absolute Gasteiger partial charge is 0.0928 e. The highest BCUT2D eigenvalue weighted by Crippen LogP contribution is 2.38. The van der Waals surface area contributed by atoms with Crippen molar-refractivity contribution in [3.8, 4) is 0 Å². The molecule has 2 rings (SSSR count). The topological polar surface area (TPSA) is 49.5 Å². The molecule has 16 heavy (non-hydrogen) atoms. The van der Waals surface area contributed by atoms with Crippen molar-refractivity contribution in [3.05, 3.63) is 0 Å². The van der Waals surface area contributed by atoms with Crippen LogP contribution >= 0.6 is 11.8 Å². The Bertz CT molecular complexity index is 243. The van der Waals surface area contributed by atoms with E-state index in [4.69, 9.17) is 5.73 Å². The molecule has 2 fully saturated rings. The third kappa shape index (κ3) is 2.26. The second-order valence-electron chi connectivity index (χ2n) is 5.32. The Hall–Kier alpha value is 0.230. The number of aliphatic hydroxyl groups is 1. The van der Waals surface area contributed by atoms with E-state index in [2.05, 4.69) is 11.8 Å². The molecule has 2 saturated heterocycles. The summed E-state index contributed by atoms with van der Waals surface area (Å²) in [5.41, 5.74) is 5.51. The van der Waals surface area contributed by atoms with Crippen LogP contribution in [0, 0.1) is 0 Å². The van der Waals surface area contributed by atoms with Crippen molar-refractivity contribution >= 4 is 11.8 Å². The molecule has 2 unspecified atom stereocenters. The van der Waals surface area contributed by atoms with Gasteiger partial charge in [-0.15, -0.1) is 0 Å². The summed E-state index contributed by atoms with van der Waals surface area (Å²) in [7, 11) is 0. The van der Waals surface area contributed by atoms with Gasteiger partial charge < -0.3 is 15.7 Å². The Labute approximate surface area is 103 Å². The third-order valence-electron chi connectivity index (χ3n) is 4.20. The summed E-state index contributed by atoms with van der Waals surface area (Å²) in [5.74, 6) is 2.00. The predicted molar refractivity (Wildman–Crippen MR) is 69.8 cm³/mol. The Kier molecular flexibility index (Phi) is 3.84. The van der Waals surface area contributed by atoms with Gasteiger partial charge in [0.25, 0.3) is 0 Å². The van der Waals surface area contributed by atoms with Crippen molar-refractivity contribution < 1.29 is 5.11 Å². The Morgan fingerprint density at radius 2 is 2.19 bits per heavy atom. The van der Waals surface area contributed by atoms with Gasteiger partial charge in [-0.3, -0.25) is 0 Å². The van der Waals surface area contributed by atoms with Crippen molar-refractivity contribution in [1.29, 1.82) is 0 Å². The molecular formula is C12H24N2OS. The van der Waals surface area contributed by atoms with Crippen LogP contribution in [0.5, 0.6) is 0 Å². The van der Waals surface area contributed by atoms with E-state index in [1.165, 1.54) is 5.75 Å². The maximum absolute atomic E-state index is 10.8. The molecule has 4 heteroatoms. The summed E-state index contributed by atoms with van der Waals surface area (Å²) in [6.07, 6.45) is 4.08. The monoisotopic (exact) mass is 244 g/mol. The molecule has 0 amide bonds. The van der Waals surface area contributed by atoms with Gasteiger partial charge in [0.15, 0.2) is 0 Å². The van der Waals surface area contributed by atoms with Gasteiger partial charge in [-0.2, -0.15) is 11.8 Å². The molecule has 2 aliphatic heterocycles. The molecule has 0 aromatic carbocycles. The summed E-state index contributed by atoms with van der Waals surface area (Å²) < 4.78 is 0. The molecule has 2 atom stereocenters. The average Bonchev–Trinajstić information content (AvgIpc) is 2.30. The van der Waals surface area contributed by atoms with Gasteiger partial charge in [-0.25, -0.2) is 0 Å². The van der Waals surface area contributed by atoms with E-state index in [0.29, 0.717) is 0 Å². The summed E-state index contributed by atoms with van der Waals surface area (Å²) in [6, 6.07) is 0. The lowest BCUT2D eigenvalue weighted by Gasteiger charge is -2.51. The normalized spacial score (nSPS) is 42.2. The van der Waals surface area contributed by atoms with Gasteiger partial charge in [0, 0.05) is 12.3 Å². The molecule has 0 aliphatic carbocycles. The van der Waals surface area contributed by atoms with Crippen molar-refractivity contribution in [1.82, 2.24) is 4.90 Å². The summed E-state index contributed by atoms with van der Waals surface area (Å²) >= 11 is 1.85. The number of nitrogens with two attached hydrogens (primary N) is 1. The molecule has 3 nitrogen and oxygen atoms in total. The minimum Gasteiger partial charge on any atom is -0.387 e. The number of likely N-dealkylation sites (N-methyl/N-ethyl adjacent to an activating group) is 1. The largest absolute Gasteiger partial charge is 0.387 e. The lowest BCUT2D eigenvalue weighted by atomic mass is 9.73. The van der Waals surface area contributed by atoms with Crippen LogP contribution in [0.3, 0.4) is 0 Å². The molecule has 0 radical (unpaired) electrons. The van der Waals surface area contributed by atoms with Crippen LogP contribution in [-0.2, 0) is 0 Å². The first kappa shape index (κ1) is 12.7. The van der Waals surface area contributed by atoms with Crippen molar-refractivity contribution in [2.45, 2.75) is 43.7 Å². The SMILES string of the molecule is CCN1CCCC(N)(C2(O)CCCSC2)C1. The lowest BCUT2D eigenvalue weighted by molar-refractivity contribution is -0.0556. The summed E-state index contributed by atoms with van der Waals surface area (Å²) in [5, 5.41) is 10.8. The fraction of sp³-hybridized carbons (Fsp3) is 1.00. The number of rotatable bonds is 2. The maximum Gasteiger partial charge on any atom is 0.0928 e.